The highest BCUT2D eigenvalue weighted by Crippen LogP contribution is 2.21. The van der Waals surface area contributed by atoms with Gasteiger partial charge in [-0.2, -0.15) is 0 Å². The molecule has 0 bridgehead atoms. The van der Waals surface area contributed by atoms with Gasteiger partial charge < -0.3 is 10.0 Å². The van der Waals surface area contributed by atoms with E-state index in [1.54, 1.807) is 36.9 Å². The van der Waals surface area contributed by atoms with Crippen LogP contribution in [0.3, 0.4) is 0 Å². The highest BCUT2D eigenvalue weighted by Gasteiger charge is 2.21. The van der Waals surface area contributed by atoms with Crippen molar-refractivity contribution in [3.8, 4) is 0 Å². The molecule has 0 fully saturated rings. The highest BCUT2D eigenvalue weighted by molar-refractivity contribution is 8.00. The van der Waals surface area contributed by atoms with Crippen LogP contribution in [-0.2, 0) is 4.79 Å². The normalized spacial score (nSPS) is 11.4. The largest absolute Gasteiger partial charge is 0.389 e. The first-order chi connectivity index (χ1) is 8.83. The first-order valence-electron chi connectivity index (χ1n) is 6.21. The van der Waals surface area contributed by atoms with Crippen molar-refractivity contribution in [2.45, 2.75) is 31.3 Å². The minimum atomic E-state index is -0.922. The molecule has 0 radical (unpaired) electrons. The van der Waals surface area contributed by atoms with E-state index in [2.05, 4.69) is 0 Å². The molecule has 1 N–H and O–H groups in total. The van der Waals surface area contributed by atoms with Crippen LogP contribution in [0.25, 0.3) is 0 Å². The van der Waals surface area contributed by atoms with Crippen LogP contribution in [0, 0.1) is 5.82 Å². The molecule has 0 spiro atoms. The van der Waals surface area contributed by atoms with Crippen LogP contribution >= 0.6 is 11.8 Å². The Labute approximate surface area is 117 Å². The quantitative estimate of drug-likeness (QED) is 0.817. The van der Waals surface area contributed by atoms with Gasteiger partial charge in [-0.3, -0.25) is 4.79 Å². The Balaban J connectivity index is 2.57. The van der Waals surface area contributed by atoms with Crippen LogP contribution < -0.4 is 0 Å². The molecule has 0 heterocycles. The second-order valence-electron chi connectivity index (χ2n) is 4.94. The summed E-state index contributed by atoms with van der Waals surface area (Å²) in [5.74, 6) is -0.242. The van der Waals surface area contributed by atoms with E-state index >= 15 is 0 Å². The van der Waals surface area contributed by atoms with Gasteiger partial charge in [0.25, 0.3) is 0 Å². The minimum Gasteiger partial charge on any atom is -0.389 e. The van der Waals surface area contributed by atoms with Gasteiger partial charge >= 0.3 is 0 Å². The zero-order valence-corrected chi connectivity index (χ0v) is 12.3. The molecule has 3 nitrogen and oxygen atoms in total. The molecule has 5 heteroatoms. The number of halogens is 1. The Morgan fingerprint density at radius 1 is 1.42 bits per heavy atom. The van der Waals surface area contributed by atoms with Gasteiger partial charge in [-0.1, -0.05) is 12.1 Å². The van der Waals surface area contributed by atoms with Crippen molar-refractivity contribution >= 4 is 17.7 Å². The van der Waals surface area contributed by atoms with Gasteiger partial charge in [0.2, 0.25) is 5.91 Å². The molecule has 0 aliphatic carbocycles. The smallest absolute Gasteiger partial charge is 0.233 e. The van der Waals surface area contributed by atoms with Gasteiger partial charge in [0.05, 0.1) is 11.4 Å². The number of benzene rings is 1. The molecule has 0 saturated carbocycles. The first kappa shape index (κ1) is 16.0. The van der Waals surface area contributed by atoms with Gasteiger partial charge in [0.1, 0.15) is 5.82 Å². The van der Waals surface area contributed by atoms with Crippen molar-refractivity contribution in [2.75, 3.05) is 18.8 Å². The fourth-order valence-electron chi connectivity index (χ4n) is 1.64. The molecule has 19 heavy (non-hydrogen) atoms. The topological polar surface area (TPSA) is 40.5 Å². The summed E-state index contributed by atoms with van der Waals surface area (Å²) in [7, 11) is 0. The van der Waals surface area contributed by atoms with E-state index in [-0.39, 0.29) is 24.0 Å². The van der Waals surface area contributed by atoms with Crippen molar-refractivity contribution in [2.24, 2.45) is 0 Å². The van der Waals surface area contributed by atoms with Crippen molar-refractivity contribution in [3.63, 3.8) is 0 Å². The summed E-state index contributed by atoms with van der Waals surface area (Å²) in [6.45, 7) is 5.98. The number of amides is 1. The summed E-state index contributed by atoms with van der Waals surface area (Å²) in [6, 6.07) is 6.39. The molecule has 1 aromatic rings. The summed E-state index contributed by atoms with van der Waals surface area (Å²) >= 11 is 1.18. The number of nitrogens with zero attached hydrogens (tertiary/aromatic N) is 1. The molecule has 106 valence electrons. The van der Waals surface area contributed by atoms with Crippen LogP contribution in [0.5, 0.6) is 0 Å². The van der Waals surface area contributed by atoms with E-state index < -0.39 is 5.60 Å². The summed E-state index contributed by atoms with van der Waals surface area (Å²) in [6.07, 6.45) is 0. The molecule has 1 aromatic carbocycles. The van der Waals surface area contributed by atoms with Crippen molar-refractivity contribution in [3.05, 3.63) is 30.1 Å². The highest BCUT2D eigenvalue weighted by atomic mass is 32.2. The van der Waals surface area contributed by atoms with Gasteiger partial charge in [-0.25, -0.2) is 4.39 Å². The Hall–Kier alpha value is -1.07. The number of aliphatic hydroxyl groups is 1. The fraction of sp³-hybridized carbons (Fsp3) is 0.500. The number of hydrogen-bond acceptors (Lipinski definition) is 3. The molecule has 0 aliphatic rings. The lowest BCUT2D eigenvalue weighted by Crippen LogP contribution is -2.42. The predicted octanol–water partition coefficient (Wildman–Crippen LogP) is 2.54. The van der Waals surface area contributed by atoms with E-state index in [0.29, 0.717) is 11.4 Å². The number of carbonyl (C=O) groups excluding carboxylic acids is 1. The van der Waals surface area contributed by atoms with Crippen molar-refractivity contribution in [1.29, 1.82) is 0 Å². The zero-order valence-electron chi connectivity index (χ0n) is 11.5. The summed E-state index contributed by atoms with van der Waals surface area (Å²) < 4.78 is 13.4. The molecular formula is C14H20FNO2S. The predicted molar refractivity (Wildman–Crippen MR) is 75.7 cm³/mol. The van der Waals surface area contributed by atoms with Crippen LogP contribution in [0.2, 0.25) is 0 Å². The number of carbonyl (C=O) groups is 1. The maximum absolute atomic E-state index is 13.4. The van der Waals surface area contributed by atoms with E-state index in [9.17, 15) is 14.3 Å². The molecule has 0 unspecified atom stereocenters. The summed E-state index contributed by atoms with van der Waals surface area (Å²) in [5.41, 5.74) is -0.922. The second-order valence-corrected chi connectivity index (χ2v) is 5.96. The van der Waals surface area contributed by atoms with Gasteiger partial charge in [0.15, 0.2) is 0 Å². The van der Waals surface area contributed by atoms with Crippen LogP contribution in [0.1, 0.15) is 20.8 Å². The van der Waals surface area contributed by atoms with E-state index in [1.807, 2.05) is 6.92 Å². The van der Waals surface area contributed by atoms with Crippen LogP contribution in [-0.4, -0.2) is 40.4 Å². The van der Waals surface area contributed by atoms with Crippen LogP contribution in [0.15, 0.2) is 29.2 Å². The molecule has 0 atom stereocenters. The Morgan fingerprint density at radius 3 is 2.58 bits per heavy atom. The van der Waals surface area contributed by atoms with Gasteiger partial charge in [-0.05, 0) is 32.9 Å². The summed E-state index contributed by atoms with van der Waals surface area (Å²) in [5, 5.41) is 9.74. The molecule has 0 aromatic heterocycles. The first-order valence-corrected chi connectivity index (χ1v) is 7.19. The SMILES string of the molecule is CCN(CC(C)(C)O)C(=O)CSc1ccccc1F. The lowest BCUT2D eigenvalue weighted by molar-refractivity contribution is -0.131. The average molecular weight is 285 g/mol. The Kier molecular flexibility index (Phi) is 5.82. The minimum absolute atomic E-state index is 0.0992. The monoisotopic (exact) mass is 285 g/mol. The van der Waals surface area contributed by atoms with E-state index in [4.69, 9.17) is 0 Å². The summed E-state index contributed by atoms with van der Waals surface area (Å²) in [4.78, 5) is 14.1. The third kappa shape index (κ3) is 5.61. The number of hydrogen-bond donors (Lipinski definition) is 1. The maximum Gasteiger partial charge on any atom is 0.233 e. The van der Waals surface area contributed by atoms with E-state index in [0.717, 1.165) is 0 Å². The van der Waals surface area contributed by atoms with Crippen LogP contribution in [0.4, 0.5) is 4.39 Å². The van der Waals surface area contributed by atoms with Gasteiger partial charge in [0, 0.05) is 18.0 Å². The van der Waals surface area contributed by atoms with Crippen molar-refractivity contribution in [1.82, 2.24) is 4.90 Å². The third-order valence-electron chi connectivity index (χ3n) is 2.50. The Bertz CT molecular complexity index is 432. The third-order valence-corrected chi connectivity index (χ3v) is 3.53. The number of likely N-dealkylation sites (N-methyl/N-ethyl adjacent to an activating group) is 1. The maximum atomic E-state index is 13.4. The number of rotatable bonds is 6. The molecule has 1 rings (SSSR count). The average Bonchev–Trinajstić information content (AvgIpc) is 2.33. The second kappa shape index (κ2) is 6.91. The molecular weight excluding hydrogens is 265 g/mol. The molecule has 0 saturated heterocycles. The lowest BCUT2D eigenvalue weighted by atomic mass is 10.1. The Morgan fingerprint density at radius 2 is 2.05 bits per heavy atom. The molecule has 1 amide bonds. The zero-order chi connectivity index (χ0) is 14.5. The molecule has 0 aliphatic heterocycles. The standard InChI is InChI=1S/C14H20FNO2S/c1-4-16(10-14(2,3)18)13(17)9-19-12-8-6-5-7-11(12)15/h5-8,18H,4,9-10H2,1-3H3. The lowest BCUT2D eigenvalue weighted by Gasteiger charge is -2.28. The van der Waals surface area contributed by atoms with Gasteiger partial charge in [-0.15, -0.1) is 11.8 Å². The van der Waals surface area contributed by atoms with E-state index in [1.165, 1.54) is 17.8 Å². The van der Waals surface area contributed by atoms with Crippen molar-refractivity contribution < 1.29 is 14.3 Å². The number of thioether (sulfide) groups is 1. The fourth-order valence-corrected chi connectivity index (χ4v) is 2.48.